The summed E-state index contributed by atoms with van der Waals surface area (Å²) in [4.78, 5) is 15.8. The van der Waals surface area contributed by atoms with Crippen LogP contribution in [0.4, 0.5) is 0 Å². The highest BCUT2D eigenvalue weighted by atomic mass is 32.1. The van der Waals surface area contributed by atoms with Crippen LogP contribution in [-0.4, -0.2) is 24.1 Å². The zero-order valence-electron chi connectivity index (χ0n) is 41.2. The van der Waals surface area contributed by atoms with Crippen LogP contribution in [-0.2, 0) is 0 Å². The Kier molecular flexibility index (Phi) is 6.39. The van der Waals surface area contributed by atoms with Gasteiger partial charge in [0.25, 0.3) is 0 Å². The molecular formula is C57H35N5S. The molecule has 0 radical (unpaired) electrons. The van der Waals surface area contributed by atoms with Gasteiger partial charge in [0.05, 0.1) is 38.7 Å². The number of fused-ring (bicyclic) bond motifs is 9. The van der Waals surface area contributed by atoms with Crippen molar-refractivity contribution >= 4 is 75.1 Å². The minimum Gasteiger partial charge on any atom is -0.309 e. The number of thiophene rings is 1. The van der Waals surface area contributed by atoms with Crippen molar-refractivity contribution in [1.29, 1.82) is 0 Å². The molecule has 0 unspecified atom stereocenters. The van der Waals surface area contributed by atoms with Crippen LogP contribution in [0.5, 0.6) is 0 Å². The van der Waals surface area contributed by atoms with Gasteiger partial charge in [0.15, 0.2) is 11.6 Å². The predicted octanol–water partition coefficient (Wildman–Crippen LogP) is 15.1. The van der Waals surface area contributed by atoms with E-state index in [1.165, 1.54) is 20.2 Å². The summed E-state index contributed by atoms with van der Waals surface area (Å²) in [7, 11) is 0. The van der Waals surface area contributed by atoms with E-state index in [0.29, 0.717) is 34.4 Å². The Hall–Kier alpha value is -8.19. The van der Waals surface area contributed by atoms with Crippen molar-refractivity contribution in [3.8, 4) is 56.7 Å². The van der Waals surface area contributed by atoms with Crippen LogP contribution in [0.3, 0.4) is 0 Å². The molecule has 0 amide bonds. The molecule has 0 saturated carbocycles. The Morgan fingerprint density at radius 1 is 0.381 bits per heavy atom. The van der Waals surface area contributed by atoms with E-state index < -0.39 is 36.3 Å². The molecule has 5 nitrogen and oxygen atoms in total. The van der Waals surface area contributed by atoms with E-state index in [-0.39, 0.29) is 33.9 Å². The SMILES string of the molecule is [2H]c1c([2H])c([2H])c2c(c1[2H])c1c([2H])c([2H])c([2H])c([2H])c1n2-c1cc(-c2nc(-c3cccc(-c4cccc5c4sc4ccccc45)c3)nc(-n3c4ccccc4c4ccccc43)n2)ccc1-c1ccccc1. The molecular weight excluding hydrogens is 787 g/mol. The second kappa shape index (κ2) is 14.2. The van der Waals surface area contributed by atoms with E-state index in [0.717, 1.165) is 44.1 Å². The van der Waals surface area contributed by atoms with Crippen molar-refractivity contribution in [2.45, 2.75) is 0 Å². The molecule has 0 bridgehead atoms. The van der Waals surface area contributed by atoms with Gasteiger partial charge in [-0.25, -0.2) is 4.98 Å². The second-order valence-corrected chi connectivity index (χ2v) is 16.4. The molecule has 13 rings (SSSR count). The summed E-state index contributed by atoms with van der Waals surface area (Å²) in [6.45, 7) is 0. The number of benzene rings is 9. The van der Waals surface area contributed by atoms with Gasteiger partial charge in [-0.1, -0.05) is 170 Å². The summed E-state index contributed by atoms with van der Waals surface area (Å²) < 4.78 is 77.9. The highest BCUT2D eigenvalue weighted by molar-refractivity contribution is 7.26. The van der Waals surface area contributed by atoms with Crippen molar-refractivity contribution in [3.05, 3.63) is 212 Å². The topological polar surface area (TPSA) is 48.5 Å². The van der Waals surface area contributed by atoms with Gasteiger partial charge in [-0.3, -0.25) is 4.57 Å². The minimum absolute atomic E-state index is 0.00951. The van der Waals surface area contributed by atoms with Crippen molar-refractivity contribution in [2.24, 2.45) is 0 Å². The molecule has 294 valence electrons. The second-order valence-electron chi connectivity index (χ2n) is 15.4. The van der Waals surface area contributed by atoms with Crippen molar-refractivity contribution in [1.82, 2.24) is 24.1 Å². The summed E-state index contributed by atoms with van der Waals surface area (Å²) in [6.07, 6.45) is 0. The average molecular weight is 830 g/mol. The normalized spacial score (nSPS) is 13.6. The van der Waals surface area contributed by atoms with Crippen LogP contribution >= 0.6 is 11.3 Å². The fourth-order valence-corrected chi connectivity index (χ4v) is 10.3. The molecule has 0 aliphatic heterocycles. The van der Waals surface area contributed by atoms with Gasteiger partial charge in [-0.15, -0.1) is 11.3 Å². The summed E-state index contributed by atoms with van der Waals surface area (Å²) in [5.74, 6) is 1.08. The van der Waals surface area contributed by atoms with Crippen LogP contribution < -0.4 is 0 Å². The van der Waals surface area contributed by atoms with E-state index in [1.54, 1.807) is 15.9 Å². The van der Waals surface area contributed by atoms with Gasteiger partial charge in [-0.2, -0.15) is 9.97 Å². The molecule has 0 N–H and O–H groups in total. The molecule has 13 aromatic rings. The number of rotatable bonds is 6. The third-order valence-corrected chi connectivity index (χ3v) is 13.1. The fraction of sp³-hybridized carbons (Fsp3) is 0. The van der Waals surface area contributed by atoms with Gasteiger partial charge >= 0.3 is 0 Å². The largest absolute Gasteiger partial charge is 0.309 e. The lowest BCUT2D eigenvalue weighted by Gasteiger charge is -2.16. The quantitative estimate of drug-likeness (QED) is 0.168. The van der Waals surface area contributed by atoms with Gasteiger partial charge in [0.2, 0.25) is 5.95 Å². The molecule has 0 saturated heterocycles. The Bertz CT molecular complexity index is 4280. The third kappa shape index (κ3) is 5.66. The molecule has 0 fully saturated rings. The first kappa shape index (κ1) is 28.4. The van der Waals surface area contributed by atoms with Crippen molar-refractivity contribution in [2.75, 3.05) is 0 Å². The highest BCUT2D eigenvalue weighted by Crippen LogP contribution is 2.42. The Morgan fingerprint density at radius 2 is 0.952 bits per heavy atom. The standard InChI is InChI=1S/C57H35N5S/c1-2-16-36(17-3-1)40-33-32-39(35-52(40)61-48-27-9-4-20-42(48)43-21-5-10-28-49(43)61)56-58-55(59-57(60-56)62-50-29-11-6-22-44(50)45-23-7-12-30-51(45)62)38-19-14-18-37(34-38)41-25-15-26-47-46-24-8-13-31-53(46)63-54(41)47/h1-35H/i4D,5D,9D,10D,20D,21D,27D,28D. The molecule has 0 spiro atoms. The molecule has 4 aromatic heterocycles. The Balaban J connectivity index is 1.11. The lowest BCUT2D eigenvalue weighted by atomic mass is 10.00. The number of aromatic nitrogens is 5. The van der Waals surface area contributed by atoms with Crippen LogP contribution in [0.25, 0.3) is 120 Å². The summed E-state index contributed by atoms with van der Waals surface area (Å²) in [5, 5.41) is 4.44. The number of para-hydroxylation sites is 4. The summed E-state index contributed by atoms with van der Waals surface area (Å²) in [5.41, 5.74) is 6.97. The molecule has 6 heteroatoms. The minimum atomic E-state index is -0.508. The smallest absolute Gasteiger partial charge is 0.238 e. The van der Waals surface area contributed by atoms with E-state index in [9.17, 15) is 2.74 Å². The first-order valence-electron chi connectivity index (χ1n) is 24.5. The zero-order chi connectivity index (χ0) is 48.4. The molecule has 0 atom stereocenters. The number of hydrogen-bond acceptors (Lipinski definition) is 4. The van der Waals surface area contributed by atoms with Gasteiger partial charge < -0.3 is 4.57 Å². The maximum Gasteiger partial charge on any atom is 0.238 e. The molecule has 0 aliphatic rings. The van der Waals surface area contributed by atoms with Crippen molar-refractivity contribution < 1.29 is 11.0 Å². The lowest BCUT2D eigenvalue weighted by molar-refractivity contribution is 0.953. The molecule has 0 aliphatic carbocycles. The van der Waals surface area contributed by atoms with Crippen LogP contribution in [0.15, 0.2) is 212 Å². The maximum absolute atomic E-state index is 9.34. The first-order chi connectivity index (χ1) is 34.6. The zero-order valence-corrected chi connectivity index (χ0v) is 34.0. The fourth-order valence-electron chi connectivity index (χ4n) is 9.04. The first-order valence-corrected chi connectivity index (χ1v) is 21.4. The van der Waals surface area contributed by atoms with Gasteiger partial charge in [0.1, 0.15) is 0 Å². The van der Waals surface area contributed by atoms with Gasteiger partial charge in [-0.05, 0) is 59.1 Å². The molecule has 9 aromatic carbocycles. The van der Waals surface area contributed by atoms with E-state index in [1.807, 2.05) is 102 Å². The van der Waals surface area contributed by atoms with Gasteiger partial charge in [0, 0.05) is 58.4 Å². The van der Waals surface area contributed by atoms with E-state index >= 15 is 0 Å². The highest BCUT2D eigenvalue weighted by Gasteiger charge is 2.21. The summed E-state index contributed by atoms with van der Waals surface area (Å²) >= 11 is 1.76. The lowest BCUT2D eigenvalue weighted by Crippen LogP contribution is -2.07. The number of hydrogen-bond donors (Lipinski definition) is 0. The number of nitrogens with zero attached hydrogens (tertiary/aromatic N) is 5. The van der Waals surface area contributed by atoms with Crippen LogP contribution in [0.1, 0.15) is 11.0 Å². The average Bonchev–Trinajstić information content (AvgIpc) is 4.09. The predicted molar refractivity (Wildman–Crippen MR) is 263 cm³/mol. The summed E-state index contributed by atoms with van der Waals surface area (Å²) in [6, 6.07) is 50.9. The Morgan fingerprint density at radius 3 is 1.68 bits per heavy atom. The third-order valence-electron chi connectivity index (χ3n) is 11.9. The van der Waals surface area contributed by atoms with E-state index in [4.69, 9.17) is 23.2 Å². The molecule has 4 heterocycles. The van der Waals surface area contributed by atoms with Crippen molar-refractivity contribution in [3.63, 3.8) is 0 Å². The molecule has 63 heavy (non-hydrogen) atoms. The van der Waals surface area contributed by atoms with Crippen LogP contribution in [0.2, 0.25) is 0 Å². The van der Waals surface area contributed by atoms with Crippen LogP contribution in [0, 0.1) is 0 Å². The Labute approximate surface area is 377 Å². The van der Waals surface area contributed by atoms with E-state index in [2.05, 4.69) is 66.7 Å². The monoisotopic (exact) mass is 829 g/mol. The maximum atomic E-state index is 9.34.